The van der Waals surface area contributed by atoms with Crippen molar-refractivity contribution < 1.29 is 0 Å². The van der Waals surface area contributed by atoms with Gasteiger partial charge in [-0.2, -0.15) is 0 Å². The second-order valence-corrected chi connectivity index (χ2v) is 6.96. The number of fused-ring (bicyclic) bond motifs is 1. The van der Waals surface area contributed by atoms with Gasteiger partial charge in [-0.3, -0.25) is 0 Å². The van der Waals surface area contributed by atoms with Crippen molar-refractivity contribution in [3.05, 3.63) is 11.1 Å². The van der Waals surface area contributed by atoms with Crippen LogP contribution >= 0.6 is 37.9 Å². The van der Waals surface area contributed by atoms with E-state index in [0.717, 1.165) is 45.4 Å². The Labute approximate surface area is 137 Å². The molecule has 1 aromatic carbocycles. The summed E-state index contributed by atoms with van der Waals surface area (Å²) in [6.07, 6.45) is 1.15. The summed E-state index contributed by atoms with van der Waals surface area (Å²) < 4.78 is 0. The number of aromatic amines is 1. The minimum atomic E-state index is 0.498. The predicted octanol–water partition coefficient (Wildman–Crippen LogP) is 2.56. The van der Waals surface area contributed by atoms with Gasteiger partial charge in [-0.15, -0.1) is 37.9 Å². The molecule has 6 heteroatoms. The third-order valence-corrected chi connectivity index (χ3v) is 5.85. The van der Waals surface area contributed by atoms with Crippen molar-refractivity contribution in [3.8, 4) is 0 Å². The lowest BCUT2D eigenvalue weighted by Gasteiger charge is -2.14. The summed E-state index contributed by atoms with van der Waals surface area (Å²) in [7, 11) is 8.35. The van der Waals surface area contributed by atoms with E-state index in [-0.39, 0.29) is 0 Å². The third kappa shape index (κ3) is 2.12. The molecule has 3 rings (SSSR count). The second-order valence-electron chi connectivity index (χ2n) is 5.62. The summed E-state index contributed by atoms with van der Waals surface area (Å²) in [6.45, 7) is 4.26. The summed E-state index contributed by atoms with van der Waals surface area (Å²) >= 11 is 13.7. The molecule has 1 unspecified atom stereocenters. The molecule has 104 valence electrons. The molecule has 0 aliphatic carbocycles. The highest BCUT2D eigenvalue weighted by Crippen LogP contribution is 2.39. The van der Waals surface area contributed by atoms with Gasteiger partial charge < -0.3 is 9.88 Å². The first-order valence-corrected chi connectivity index (χ1v) is 7.99. The van der Waals surface area contributed by atoms with Crippen molar-refractivity contribution in [3.63, 3.8) is 0 Å². The normalized spacial score (nSPS) is 20.1. The number of likely N-dealkylation sites (tertiary alicyclic amines) is 1. The van der Waals surface area contributed by atoms with Gasteiger partial charge in [0, 0.05) is 33.2 Å². The molecular weight excluding hydrogens is 303 g/mol. The number of likely N-dealkylation sites (N-methyl/N-ethyl adjacent to an activating group) is 1. The van der Waals surface area contributed by atoms with Gasteiger partial charge in [-0.25, -0.2) is 0 Å². The molecule has 2 heterocycles. The van der Waals surface area contributed by atoms with Crippen LogP contribution in [0.25, 0.3) is 10.9 Å². The van der Waals surface area contributed by atoms with E-state index in [1.165, 1.54) is 10.9 Å². The van der Waals surface area contributed by atoms with Crippen LogP contribution in [0.3, 0.4) is 0 Å². The van der Waals surface area contributed by atoms with Gasteiger partial charge in [0.15, 0.2) is 0 Å². The molecule has 0 bridgehead atoms. The van der Waals surface area contributed by atoms with E-state index in [1.807, 2.05) is 0 Å². The minimum absolute atomic E-state index is 0.498. The first-order valence-electron chi connectivity index (χ1n) is 6.64. The fourth-order valence-corrected chi connectivity index (χ4v) is 4.12. The SMILES string of the molecule is [B]c1c(S)c(S)c(C)c2c(C3CCN(C)C3)c(S)[nH]c12. The maximum absolute atomic E-state index is 6.20. The van der Waals surface area contributed by atoms with E-state index >= 15 is 0 Å². The number of H-pyrrole nitrogens is 1. The summed E-state index contributed by atoms with van der Waals surface area (Å²) in [5, 5.41) is 2.09. The van der Waals surface area contributed by atoms with Gasteiger partial charge in [-0.1, -0.05) is 5.46 Å². The molecule has 1 aliphatic heterocycles. The standard InChI is InChI=1S/C14H17BN2S3/c1-6-8-9(7-3-4-17(2)5-7)14(20)16-11(8)10(15)13(19)12(6)18/h7,16,18-20H,3-5H2,1-2H3. The van der Waals surface area contributed by atoms with E-state index in [0.29, 0.717) is 11.4 Å². The number of hydrogen-bond donors (Lipinski definition) is 4. The zero-order chi connectivity index (χ0) is 14.6. The average molecular weight is 320 g/mol. The quantitative estimate of drug-likeness (QED) is 0.470. The molecule has 1 saturated heterocycles. The molecule has 1 N–H and O–H groups in total. The van der Waals surface area contributed by atoms with Crippen molar-refractivity contribution >= 4 is 62.1 Å². The number of hydrogen-bond acceptors (Lipinski definition) is 4. The van der Waals surface area contributed by atoms with Crippen LogP contribution in [-0.4, -0.2) is 37.9 Å². The van der Waals surface area contributed by atoms with E-state index in [9.17, 15) is 0 Å². The maximum Gasteiger partial charge on any atom is 0.118 e. The van der Waals surface area contributed by atoms with E-state index < -0.39 is 0 Å². The van der Waals surface area contributed by atoms with Crippen LogP contribution in [0.2, 0.25) is 0 Å². The molecule has 1 aromatic heterocycles. The molecular formula is C14H17BN2S3. The number of nitrogens with one attached hydrogen (secondary N) is 1. The predicted molar refractivity (Wildman–Crippen MR) is 95.0 cm³/mol. The smallest absolute Gasteiger partial charge is 0.118 e. The van der Waals surface area contributed by atoms with Crippen LogP contribution in [0.5, 0.6) is 0 Å². The van der Waals surface area contributed by atoms with E-state index in [1.54, 1.807) is 0 Å². The Morgan fingerprint density at radius 1 is 1.25 bits per heavy atom. The monoisotopic (exact) mass is 320 g/mol. The second kappa shape index (κ2) is 5.23. The first kappa shape index (κ1) is 14.8. The molecule has 20 heavy (non-hydrogen) atoms. The number of benzene rings is 1. The van der Waals surface area contributed by atoms with Crippen LogP contribution in [0.4, 0.5) is 0 Å². The summed E-state index contributed by atoms with van der Waals surface area (Å²) in [4.78, 5) is 7.28. The number of rotatable bonds is 1. The highest BCUT2D eigenvalue weighted by Gasteiger charge is 2.27. The zero-order valence-electron chi connectivity index (χ0n) is 11.6. The van der Waals surface area contributed by atoms with Crippen molar-refractivity contribution in [1.82, 2.24) is 9.88 Å². The number of aromatic nitrogens is 1. The van der Waals surface area contributed by atoms with Crippen molar-refractivity contribution in [1.29, 1.82) is 0 Å². The van der Waals surface area contributed by atoms with E-state index in [2.05, 4.69) is 61.7 Å². The molecule has 2 aromatic rings. The Hall–Kier alpha value is -0.165. The Morgan fingerprint density at radius 2 is 1.95 bits per heavy atom. The molecule has 1 aliphatic rings. The third-order valence-electron chi connectivity index (χ3n) is 4.30. The molecule has 0 spiro atoms. The molecule has 0 amide bonds. The van der Waals surface area contributed by atoms with Crippen molar-refractivity contribution in [2.75, 3.05) is 20.1 Å². The fourth-order valence-electron chi connectivity index (χ4n) is 3.20. The zero-order valence-corrected chi connectivity index (χ0v) is 14.2. The molecule has 2 radical (unpaired) electrons. The van der Waals surface area contributed by atoms with Gasteiger partial charge >= 0.3 is 0 Å². The minimum Gasteiger partial charge on any atom is -0.350 e. The lowest BCUT2D eigenvalue weighted by atomic mass is 9.88. The summed E-state index contributed by atoms with van der Waals surface area (Å²) in [5.74, 6) is 0.498. The highest BCUT2D eigenvalue weighted by atomic mass is 32.1. The van der Waals surface area contributed by atoms with Crippen LogP contribution in [0.1, 0.15) is 23.5 Å². The van der Waals surface area contributed by atoms with Gasteiger partial charge in [0.05, 0.1) is 5.03 Å². The Balaban J connectivity index is 2.30. The Morgan fingerprint density at radius 3 is 2.55 bits per heavy atom. The number of aryl methyl sites for hydroxylation is 1. The van der Waals surface area contributed by atoms with Gasteiger partial charge in [0.2, 0.25) is 0 Å². The highest BCUT2D eigenvalue weighted by molar-refractivity contribution is 7.83. The molecule has 2 nitrogen and oxygen atoms in total. The first-order chi connectivity index (χ1) is 9.41. The number of nitrogens with zero attached hydrogens (tertiary/aromatic N) is 1. The Bertz CT molecular complexity index is 696. The van der Waals surface area contributed by atoms with E-state index in [4.69, 9.17) is 7.85 Å². The average Bonchev–Trinajstić information content (AvgIpc) is 2.97. The molecule has 1 atom stereocenters. The van der Waals surface area contributed by atoms with Gasteiger partial charge in [0.25, 0.3) is 0 Å². The summed E-state index contributed by atoms with van der Waals surface area (Å²) in [6, 6.07) is 0. The van der Waals surface area contributed by atoms with Crippen molar-refractivity contribution in [2.45, 2.75) is 34.1 Å². The number of thiol groups is 3. The van der Waals surface area contributed by atoms with Gasteiger partial charge in [0.1, 0.15) is 7.85 Å². The maximum atomic E-state index is 6.20. The summed E-state index contributed by atoms with van der Waals surface area (Å²) in [5.41, 5.74) is 4.01. The topological polar surface area (TPSA) is 19.0 Å². The van der Waals surface area contributed by atoms with Crippen LogP contribution in [0.15, 0.2) is 14.8 Å². The van der Waals surface area contributed by atoms with Crippen molar-refractivity contribution in [2.24, 2.45) is 0 Å². The van der Waals surface area contributed by atoms with Crippen LogP contribution < -0.4 is 5.46 Å². The largest absolute Gasteiger partial charge is 0.350 e. The molecule has 1 fully saturated rings. The lowest BCUT2D eigenvalue weighted by Crippen LogP contribution is -2.13. The van der Waals surface area contributed by atoms with Crippen LogP contribution in [-0.2, 0) is 0 Å². The fraction of sp³-hybridized carbons (Fsp3) is 0.429. The van der Waals surface area contributed by atoms with Crippen LogP contribution in [0, 0.1) is 6.92 Å². The lowest BCUT2D eigenvalue weighted by molar-refractivity contribution is 0.411. The molecule has 0 saturated carbocycles. The Kier molecular flexibility index (Phi) is 3.86. The van der Waals surface area contributed by atoms with Gasteiger partial charge in [-0.05, 0) is 38.1 Å².